The molecule has 0 bridgehead atoms. The van der Waals surface area contributed by atoms with Crippen LogP contribution >= 0.6 is 31.9 Å². The van der Waals surface area contributed by atoms with Gasteiger partial charge in [-0.2, -0.15) is 0 Å². The van der Waals surface area contributed by atoms with Crippen LogP contribution in [0.4, 0.5) is 0 Å². The molecule has 12 aromatic rings. The lowest BCUT2D eigenvalue weighted by molar-refractivity contribution is 0.102. The molecule has 75 heavy (non-hydrogen) atoms. The number of ketones is 2. The van der Waals surface area contributed by atoms with Gasteiger partial charge in [-0.15, -0.1) is 0 Å². The Morgan fingerprint density at radius 1 is 0.360 bits per heavy atom. The van der Waals surface area contributed by atoms with E-state index in [9.17, 15) is 26.4 Å². The first-order chi connectivity index (χ1) is 36.4. The fourth-order valence-electron chi connectivity index (χ4n) is 11.0. The van der Waals surface area contributed by atoms with E-state index in [-0.39, 0.29) is 53.4 Å². The molecule has 0 N–H and O–H groups in total. The summed E-state index contributed by atoms with van der Waals surface area (Å²) < 4.78 is 59.0. The van der Waals surface area contributed by atoms with E-state index >= 15 is 0 Å². The predicted octanol–water partition coefficient (Wildman–Crippen LogP) is 15.1. The fourth-order valence-corrected chi connectivity index (χ4v) is 15.6. The highest BCUT2D eigenvalue weighted by molar-refractivity contribution is 9.10. The molecule has 0 saturated carbocycles. The van der Waals surface area contributed by atoms with Crippen LogP contribution in [0.15, 0.2) is 247 Å². The monoisotopic (exact) mass is 1140 g/mol. The van der Waals surface area contributed by atoms with E-state index in [0.29, 0.717) is 20.3 Å². The average Bonchev–Trinajstić information content (AvgIpc) is 4.14. The maximum Gasteiger partial charge on any atom is 0.208 e. The van der Waals surface area contributed by atoms with Crippen LogP contribution in [0.3, 0.4) is 0 Å². The van der Waals surface area contributed by atoms with Crippen LogP contribution < -0.4 is 0 Å². The molecule has 2 aromatic heterocycles. The Hall–Kier alpha value is -8.00. The maximum absolute atomic E-state index is 14.4. The Morgan fingerprint density at radius 3 is 1.33 bits per heavy atom. The molecule has 12 heteroatoms. The van der Waals surface area contributed by atoms with Crippen LogP contribution in [0.25, 0.3) is 66.1 Å². The lowest BCUT2D eigenvalue weighted by Gasteiger charge is -2.23. The number of aromatic nitrogens is 2. The van der Waals surface area contributed by atoms with Gasteiger partial charge in [0.15, 0.2) is 11.6 Å². The number of hydrogen-bond acceptors (Lipinski definition) is 6. The highest BCUT2D eigenvalue weighted by Crippen LogP contribution is 2.43. The smallest absolute Gasteiger partial charge is 0.208 e. The van der Waals surface area contributed by atoms with Gasteiger partial charge in [0.2, 0.25) is 19.7 Å². The van der Waals surface area contributed by atoms with Gasteiger partial charge in [0.05, 0.1) is 58.5 Å². The van der Waals surface area contributed by atoms with Crippen LogP contribution in [-0.2, 0) is 26.1 Å². The number of carbonyl (C=O) groups is 2. The number of rotatable bonds is 2. The summed E-state index contributed by atoms with van der Waals surface area (Å²) in [6.45, 7) is 0. The molecule has 0 unspecified atom stereocenters. The first-order valence-corrected chi connectivity index (χ1v) is 28.5. The fraction of sp³-hybridized carbons (Fsp3) is 0.0159. The summed E-state index contributed by atoms with van der Waals surface area (Å²) in [5, 5.41) is 4.24. The van der Waals surface area contributed by atoms with Gasteiger partial charge in [-0.1, -0.05) is 149 Å². The second-order valence-electron chi connectivity index (χ2n) is 18.5. The van der Waals surface area contributed by atoms with Gasteiger partial charge < -0.3 is 9.13 Å². The van der Waals surface area contributed by atoms with Crippen molar-refractivity contribution in [2.75, 3.05) is 0 Å². The number of nitrogens with zero attached hydrogens (tertiary/aromatic N) is 2. The van der Waals surface area contributed by atoms with E-state index in [4.69, 9.17) is 0 Å². The van der Waals surface area contributed by atoms with Crippen LogP contribution in [0, 0.1) is 0 Å². The average molecular weight is 1140 g/mol. The number of halogens is 2. The lowest BCUT2D eigenvalue weighted by atomic mass is 10.00. The second-order valence-corrected chi connectivity index (χ2v) is 24.0. The minimum absolute atomic E-state index is 0.0312. The molecule has 0 spiro atoms. The summed E-state index contributed by atoms with van der Waals surface area (Å²) in [7, 11) is -7.68. The van der Waals surface area contributed by atoms with E-state index in [1.165, 1.54) is 40.5 Å². The van der Waals surface area contributed by atoms with Gasteiger partial charge >= 0.3 is 0 Å². The first kappa shape index (κ1) is 46.8. The summed E-state index contributed by atoms with van der Waals surface area (Å²) in [5.74, 6) is -0.578. The minimum Gasteiger partial charge on any atom is -0.309 e. The van der Waals surface area contributed by atoms with E-state index in [2.05, 4.69) is 97.1 Å². The Morgan fingerprint density at radius 2 is 0.787 bits per heavy atom. The third-order valence-electron chi connectivity index (χ3n) is 14.4. The molecule has 0 amide bonds. The van der Waals surface area contributed by atoms with Gasteiger partial charge in [0.25, 0.3) is 0 Å². The topological polar surface area (TPSA) is 112 Å². The molecule has 0 saturated heterocycles. The Labute approximate surface area is 448 Å². The number of sulfone groups is 2. The SMILES string of the molecule is O=C1c2ccc(-n3c4ccccc4c4ccccc43)cc2S(=O)(=O)c2cccc(-n3c4ccccc4c4ccccc43)c21.O=C1c2ccc(Br)cc2S(=O)(=O)c2cccc(Br)c21.c1ccc2c(c1)Cc1ccccc1-2. The maximum atomic E-state index is 14.4. The van der Waals surface area contributed by atoms with Crippen molar-refractivity contribution < 1.29 is 26.4 Å². The molecule has 2 aliphatic heterocycles. The zero-order valence-electron chi connectivity index (χ0n) is 39.4. The molecule has 1 aliphatic carbocycles. The number of carbonyl (C=O) groups excluding carboxylic acids is 2. The van der Waals surface area contributed by atoms with Crippen LogP contribution in [-0.4, -0.2) is 37.5 Å². The highest BCUT2D eigenvalue weighted by atomic mass is 79.9. The molecule has 0 atom stereocenters. The third-order valence-corrected chi connectivity index (χ3v) is 19.2. The minimum atomic E-state index is -4.02. The highest BCUT2D eigenvalue weighted by Gasteiger charge is 2.39. The molecule has 3 aliphatic rings. The first-order valence-electron chi connectivity index (χ1n) is 24.0. The summed E-state index contributed by atoms with van der Waals surface area (Å²) in [5.41, 5.74) is 11.6. The van der Waals surface area contributed by atoms with Crippen LogP contribution in [0.2, 0.25) is 0 Å². The van der Waals surface area contributed by atoms with Crippen molar-refractivity contribution in [3.05, 3.63) is 261 Å². The van der Waals surface area contributed by atoms with E-state index < -0.39 is 19.7 Å². The summed E-state index contributed by atoms with van der Waals surface area (Å²) in [6, 6.07) is 69.1. The van der Waals surface area contributed by atoms with Gasteiger partial charge in [0, 0.05) is 47.3 Å². The molecule has 0 radical (unpaired) electrons. The van der Waals surface area contributed by atoms with Crippen molar-refractivity contribution in [2.24, 2.45) is 0 Å². The van der Waals surface area contributed by atoms with Crippen molar-refractivity contribution in [3.63, 3.8) is 0 Å². The molecule has 0 fully saturated rings. The summed E-state index contributed by atoms with van der Waals surface area (Å²) in [4.78, 5) is 26.9. The van der Waals surface area contributed by atoms with Crippen LogP contribution in [0.1, 0.15) is 43.0 Å². The summed E-state index contributed by atoms with van der Waals surface area (Å²) in [6.07, 6.45) is 1.10. The Balaban J connectivity index is 0.000000137. The zero-order chi connectivity index (χ0) is 51.3. The molecule has 4 heterocycles. The van der Waals surface area contributed by atoms with Crippen molar-refractivity contribution in [1.29, 1.82) is 0 Å². The van der Waals surface area contributed by atoms with E-state index in [1.807, 2.05) is 102 Å². The lowest BCUT2D eigenvalue weighted by Crippen LogP contribution is -2.22. The van der Waals surface area contributed by atoms with Crippen molar-refractivity contribution in [1.82, 2.24) is 9.13 Å². The number of para-hydroxylation sites is 4. The summed E-state index contributed by atoms with van der Waals surface area (Å²) >= 11 is 6.48. The number of fused-ring (bicyclic) bond motifs is 13. The molecule has 362 valence electrons. The molecule has 15 rings (SSSR count). The molecule has 10 aromatic carbocycles. The van der Waals surface area contributed by atoms with E-state index in [0.717, 1.165) is 50.0 Å². The largest absolute Gasteiger partial charge is 0.309 e. The van der Waals surface area contributed by atoms with Crippen LogP contribution in [0.5, 0.6) is 0 Å². The van der Waals surface area contributed by atoms with Crippen molar-refractivity contribution >= 4 is 107 Å². The molecule has 8 nitrogen and oxygen atoms in total. The third kappa shape index (κ3) is 7.33. The number of hydrogen-bond donors (Lipinski definition) is 0. The molecular weight excluding hydrogens is 1100 g/mol. The van der Waals surface area contributed by atoms with E-state index in [1.54, 1.807) is 42.5 Å². The quantitative estimate of drug-likeness (QED) is 0.170. The van der Waals surface area contributed by atoms with Gasteiger partial charge in [-0.05, 0) is 130 Å². The van der Waals surface area contributed by atoms with Gasteiger partial charge in [-0.3, -0.25) is 9.59 Å². The standard InChI is InChI=1S/C37H22N2O3S.C13H6Br2O3S.C13H10/c40-37-28-21-20-23(38-29-14-5-1-10-24(29)25-11-2-6-15-30(25)38)22-35(28)43(41,42)34-19-9-18-33(36(34)37)39-31-16-7-3-12-26(31)27-13-4-8-17-32(27)39;14-7-4-5-8-11(6-7)19(17,18)10-3-1-2-9(15)12(10)13(8)16;1-3-7-12-10(5-1)9-11-6-2-4-8-13(11)12/h1-22H;1-6H;1-8H,9H2. The van der Waals surface area contributed by atoms with Gasteiger partial charge in [0.1, 0.15) is 0 Å². The zero-order valence-corrected chi connectivity index (χ0v) is 44.2. The Bertz CT molecular complexity index is 4530. The normalized spacial score (nSPS) is 14.2. The predicted molar refractivity (Wildman–Crippen MR) is 302 cm³/mol. The van der Waals surface area contributed by atoms with Gasteiger partial charge in [-0.25, -0.2) is 16.8 Å². The molecular formula is C63H38Br2N2O6S2. The van der Waals surface area contributed by atoms with Crippen molar-refractivity contribution in [2.45, 2.75) is 26.0 Å². The Kier molecular flexibility index (Phi) is 11.1. The van der Waals surface area contributed by atoms with Crippen molar-refractivity contribution in [3.8, 4) is 22.5 Å². The number of benzene rings is 10. The second kappa shape index (κ2) is 17.8.